The van der Waals surface area contributed by atoms with E-state index in [0.29, 0.717) is 17.2 Å². The van der Waals surface area contributed by atoms with Crippen LogP contribution in [0.25, 0.3) is 0 Å². The molecule has 1 aromatic rings. The quantitative estimate of drug-likeness (QED) is 0.333. The third-order valence-corrected chi connectivity index (χ3v) is 4.62. The minimum absolute atomic E-state index is 0.135. The molecule has 0 saturated carbocycles. The molecule has 1 atom stereocenters. The molecule has 7 heteroatoms. The van der Waals surface area contributed by atoms with Crippen LogP contribution in [0.2, 0.25) is 0 Å². The van der Waals surface area contributed by atoms with Gasteiger partial charge in [0, 0.05) is 25.3 Å². The van der Waals surface area contributed by atoms with E-state index in [-0.39, 0.29) is 16.9 Å². The molecule has 0 radical (unpaired) electrons. The lowest BCUT2D eigenvalue weighted by Gasteiger charge is -2.34. The third kappa shape index (κ3) is 3.47. The first-order valence-electron chi connectivity index (χ1n) is 6.90. The summed E-state index contributed by atoms with van der Waals surface area (Å²) in [5, 5.41) is 20.6. The van der Waals surface area contributed by atoms with Crippen LogP contribution in [0, 0.1) is 11.7 Å². The molecule has 1 unspecified atom stereocenters. The Bertz CT molecular complexity index is 537. The van der Waals surface area contributed by atoms with Crippen molar-refractivity contribution in [2.24, 2.45) is 16.8 Å². The SMILES string of the molecule is N/C(=N/O)c1ccc(N2CCCC(CCO)C2)c(F)c1Br. The number of aliphatic hydroxyl groups excluding tert-OH is 1. The number of oxime groups is 1. The predicted octanol–water partition coefficient (Wildman–Crippen LogP) is 2.28. The Labute approximate surface area is 131 Å². The molecule has 21 heavy (non-hydrogen) atoms. The van der Waals surface area contributed by atoms with Gasteiger partial charge in [-0.15, -0.1) is 0 Å². The van der Waals surface area contributed by atoms with Crippen molar-refractivity contribution in [1.82, 2.24) is 0 Å². The first-order chi connectivity index (χ1) is 10.1. The van der Waals surface area contributed by atoms with Crippen molar-refractivity contribution < 1.29 is 14.7 Å². The van der Waals surface area contributed by atoms with E-state index >= 15 is 0 Å². The highest BCUT2D eigenvalue weighted by molar-refractivity contribution is 9.10. The molecule has 1 fully saturated rings. The summed E-state index contributed by atoms with van der Waals surface area (Å²) in [6, 6.07) is 3.28. The minimum atomic E-state index is -0.413. The Hall–Kier alpha value is -1.34. The summed E-state index contributed by atoms with van der Waals surface area (Å²) >= 11 is 3.17. The summed E-state index contributed by atoms with van der Waals surface area (Å²) in [5.74, 6) is -0.168. The van der Waals surface area contributed by atoms with Crippen molar-refractivity contribution in [1.29, 1.82) is 0 Å². The van der Waals surface area contributed by atoms with Gasteiger partial charge in [-0.25, -0.2) is 4.39 Å². The van der Waals surface area contributed by atoms with Crippen LogP contribution in [0.15, 0.2) is 21.8 Å². The van der Waals surface area contributed by atoms with Gasteiger partial charge >= 0.3 is 0 Å². The summed E-state index contributed by atoms with van der Waals surface area (Å²) in [7, 11) is 0. The van der Waals surface area contributed by atoms with Crippen molar-refractivity contribution >= 4 is 27.5 Å². The van der Waals surface area contributed by atoms with Crippen molar-refractivity contribution in [3.05, 3.63) is 28.0 Å². The van der Waals surface area contributed by atoms with Gasteiger partial charge in [-0.1, -0.05) is 5.16 Å². The van der Waals surface area contributed by atoms with Gasteiger partial charge in [0.25, 0.3) is 0 Å². The molecular formula is C14H19BrFN3O2. The second-order valence-electron chi connectivity index (χ2n) is 5.21. The number of benzene rings is 1. The number of piperidine rings is 1. The monoisotopic (exact) mass is 359 g/mol. The van der Waals surface area contributed by atoms with Crippen LogP contribution in [0.3, 0.4) is 0 Å². The van der Waals surface area contributed by atoms with E-state index in [9.17, 15) is 4.39 Å². The topological polar surface area (TPSA) is 82.1 Å². The molecule has 2 rings (SSSR count). The summed E-state index contributed by atoms with van der Waals surface area (Å²) in [6.07, 6.45) is 2.77. The van der Waals surface area contributed by atoms with Crippen LogP contribution in [-0.4, -0.2) is 35.8 Å². The zero-order valence-corrected chi connectivity index (χ0v) is 13.2. The number of rotatable bonds is 4. The van der Waals surface area contributed by atoms with E-state index < -0.39 is 5.82 Å². The molecule has 4 N–H and O–H groups in total. The first-order valence-corrected chi connectivity index (χ1v) is 7.69. The third-order valence-electron chi connectivity index (χ3n) is 3.84. The summed E-state index contributed by atoms with van der Waals surface area (Å²) in [4.78, 5) is 1.99. The molecule has 0 bridgehead atoms. The maximum absolute atomic E-state index is 14.5. The van der Waals surface area contributed by atoms with Gasteiger partial charge in [0.05, 0.1) is 10.2 Å². The number of hydrogen-bond donors (Lipinski definition) is 3. The van der Waals surface area contributed by atoms with Gasteiger partial charge in [-0.3, -0.25) is 0 Å². The van der Waals surface area contributed by atoms with Crippen LogP contribution in [0.1, 0.15) is 24.8 Å². The van der Waals surface area contributed by atoms with Gasteiger partial charge in [-0.05, 0) is 53.2 Å². The first kappa shape index (κ1) is 16.0. The van der Waals surface area contributed by atoms with E-state index in [4.69, 9.17) is 16.0 Å². The second kappa shape index (κ2) is 7.09. The fourth-order valence-corrected chi connectivity index (χ4v) is 3.28. The number of nitrogens with two attached hydrogens (primary N) is 1. The highest BCUT2D eigenvalue weighted by atomic mass is 79.9. The smallest absolute Gasteiger partial charge is 0.171 e. The fraction of sp³-hybridized carbons (Fsp3) is 0.500. The average molecular weight is 360 g/mol. The van der Waals surface area contributed by atoms with E-state index in [1.807, 2.05) is 4.90 Å². The van der Waals surface area contributed by atoms with E-state index in [1.165, 1.54) is 0 Å². The van der Waals surface area contributed by atoms with E-state index in [0.717, 1.165) is 32.4 Å². The summed E-state index contributed by atoms with van der Waals surface area (Å²) in [6.45, 7) is 1.67. The van der Waals surface area contributed by atoms with Crippen LogP contribution in [0.5, 0.6) is 0 Å². The Balaban J connectivity index is 2.26. The van der Waals surface area contributed by atoms with Crippen LogP contribution < -0.4 is 10.6 Å². The van der Waals surface area contributed by atoms with Crippen LogP contribution in [-0.2, 0) is 0 Å². The van der Waals surface area contributed by atoms with E-state index in [2.05, 4.69) is 21.1 Å². The Morgan fingerprint density at radius 3 is 2.95 bits per heavy atom. The summed E-state index contributed by atoms with van der Waals surface area (Å²) in [5.41, 5.74) is 6.34. The maximum Gasteiger partial charge on any atom is 0.171 e. The number of aliphatic hydroxyl groups is 1. The zero-order valence-electron chi connectivity index (χ0n) is 11.6. The fourth-order valence-electron chi connectivity index (χ4n) is 2.74. The second-order valence-corrected chi connectivity index (χ2v) is 6.01. The van der Waals surface area contributed by atoms with Crippen molar-refractivity contribution in [2.75, 3.05) is 24.6 Å². The molecule has 1 aliphatic heterocycles. The molecule has 1 saturated heterocycles. The largest absolute Gasteiger partial charge is 0.409 e. The van der Waals surface area contributed by atoms with Crippen LogP contribution in [0.4, 0.5) is 10.1 Å². The van der Waals surface area contributed by atoms with Crippen LogP contribution >= 0.6 is 15.9 Å². The van der Waals surface area contributed by atoms with E-state index in [1.54, 1.807) is 12.1 Å². The van der Waals surface area contributed by atoms with Gasteiger partial charge < -0.3 is 20.9 Å². The maximum atomic E-state index is 14.5. The average Bonchev–Trinajstić information content (AvgIpc) is 2.50. The molecule has 5 nitrogen and oxygen atoms in total. The normalized spacial score (nSPS) is 19.9. The number of anilines is 1. The molecule has 1 aliphatic rings. The lowest BCUT2D eigenvalue weighted by molar-refractivity contribution is 0.244. The standard InChI is InChI=1S/C14H19BrFN3O2/c15-12-10(14(17)18-21)3-4-11(13(12)16)19-6-1-2-9(8-19)5-7-20/h3-4,9,20-21H,1-2,5-8H2,(H2,17,18). The van der Waals surface area contributed by atoms with Gasteiger partial charge in [0.1, 0.15) is 0 Å². The van der Waals surface area contributed by atoms with Gasteiger partial charge in [0.2, 0.25) is 0 Å². The molecular weight excluding hydrogens is 341 g/mol. The van der Waals surface area contributed by atoms with Gasteiger partial charge in [-0.2, -0.15) is 0 Å². The lowest BCUT2D eigenvalue weighted by Crippen LogP contribution is -2.36. The Kier molecular flexibility index (Phi) is 5.41. The highest BCUT2D eigenvalue weighted by Crippen LogP contribution is 2.32. The molecule has 0 aromatic heterocycles. The zero-order chi connectivity index (χ0) is 15.4. The number of halogens is 2. The Morgan fingerprint density at radius 2 is 2.29 bits per heavy atom. The summed E-state index contributed by atoms with van der Waals surface area (Å²) < 4.78 is 14.7. The van der Waals surface area contributed by atoms with Crippen molar-refractivity contribution in [3.8, 4) is 0 Å². The van der Waals surface area contributed by atoms with Gasteiger partial charge in [0.15, 0.2) is 11.7 Å². The molecule has 0 aliphatic carbocycles. The molecule has 1 heterocycles. The van der Waals surface area contributed by atoms with Crippen molar-refractivity contribution in [2.45, 2.75) is 19.3 Å². The minimum Gasteiger partial charge on any atom is -0.409 e. The molecule has 0 amide bonds. The molecule has 1 aromatic carbocycles. The molecule has 116 valence electrons. The number of nitrogens with zero attached hydrogens (tertiary/aromatic N) is 2. The Morgan fingerprint density at radius 1 is 1.52 bits per heavy atom. The highest BCUT2D eigenvalue weighted by Gasteiger charge is 2.24. The molecule has 0 spiro atoms. The number of amidine groups is 1. The lowest BCUT2D eigenvalue weighted by atomic mass is 9.94. The number of hydrogen-bond acceptors (Lipinski definition) is 4. The van der Waals surface area contributed by atoms with Crippen molar-refractivity contribution in [3.63, 3.8) is 0 Å². The predicted molar refractivity (Wildman–Crippen MR) is 83.3 cm³/mol.